The Kier molecular flexibility index (Phi) is 5.24. The topological polar surface area (TPSA) is 91.3 Å². The van der Waals surface area contributed by atoms with Crippen LogP contribution in [0.25, 0.3) is 11.1 Å². The molecule has 3 aromatic rings. The van der Waals surface area contributed by atoms with Crippen LogP contribution in [-0.2, 0) is 4.79 Å². The van der Waals surface area contributed by atoms with Crippen molar-refractivity contribution >= 4 is 17.6 Å². The normalized spacial score (nSPS) is 10.2. The molecule has 6 heteroatoms. The van der Waals surface area contributed by atoms with Crippen molar-refractivity contribution in [1.29, 1.82) is 0 Å². The van der Waals surface area contributed by atoms with Gasteiger partial charge >= 0.3 is 0 Å². The number of pyridine rings is 1. The summed E-state index contributed by atoms with van der Waals surface area (Å²) in [5, 5.41) is 14.5. The molecule has 0 aliphatic rings. The lowest BCUT2D eigenvalue weighted by Gasteiger charge is -2.08. The molecule has 1 aromatic heterocycles. The number of carbonyl (C=O) groups excluding carboxylic acids is 2. The van der Waals surface area contributed by atoms with E-state index in [1.165, 1.54) is 12.3 Å². The molecule has 0 radical (unpaired) electrons. The number of amides is 2. The van der Waals surface area contributed by atoms with Crippen molar-refractivity contribution in [3.8, 4) is 16.9 Å². The van der Waals surface area contributed by atoms with E-state index in [1.807, 2.05) is 42.5 Å². The van der Waals surface area contributed by atoms with Crippen LogP contribution in [0.5, 0.6) is 5.75 Å². The molecule has 0 saturated carbocycles. The lowest BCUT2D eigenvalue weighted by molar-refractivity contribution is -0.115. The van der Waals surface area contributed by atoms with Crippen molar-refractivity contribution in [2.24, 2.45) is 0 Å². The Morgan fingerprint density at radius 1 is 0.885 bits per heavy atom. The van der Waals surface area contributed by atoms with Gasteiger partial charge in [0.15, 0.2) is 11.6 Å². The molecule has 26 heavy (non-hydrogen) atoms. The molecule has 2 amide bonds. The van der Waals surface area contributed by atoms with E-state index < -0.39 is 5.91 Å². The summed E-state index contributed by atoms with van der Waals surface area (Å²) in [4.78, 5) is 27.9. The van der Waals surface area contributed by atoms with Crippen LogP contribution < -0.4 is 10.6 Å². The van der Waals surface area contributed by atoms with Gasteiger partial charge in [-0.25, -0.2) is 4.98 Å². The number of hydrogen-bond acceptors (Lipinski definition) is 4. The maximum Gasteiger partial charge on any atom is 0.251 e. The summed E-state index contributed by atoms with van der Waals surface area (Å²) in [6, 6.07) is 19.9. The highest BCUT2D eigenvalue weighted by atomic mass is 16.3. The second kappa shape index (κ2) is 7.94. The largest absolute Gasteiger partial charge is 0.504 e. The van der Waals surface area contributed by atoms with Gasteiger partial charge < -0.3 is 15.7 Å². The SMILES string of the molecule is O=C(CNC(=O)c1ccc(-c2ccccc2)cc1)Nc1ncccc1O. The van der Waals surface area contributed by atoms with Crippen LogP contribution in [0.4, 0.5) is 5.82 Å². The molecule has 0 aliphatic carbocycles. The van der Waals surface area contributed by atoms with E-state index in [1.54, 1.807) is 18.2 Å². The van der Waals surface area contributed by atoms with Crippen molar-refractivity contribution in [2.45, 2.75) is 0 Å². The molecule has 0 aliphatic heterocycles. The van der Waals surface area contributed by atoms with Crippen molar-refractivity contribution in [2.75, 3.05) is 11.9 Å². The van der Waals surface area contributed by atoms with Crippen molar-refractivity contribution in [3.05, 3.63) is 78.5 Å². The number of aromatic hydroxyl groups is 1. The average Bonchev–Trinajstić information content (AvgIpc) is 2.69. The Balaban J connectivity index is 1.56. The molecule has 1 heterocycles. The van der Waals surface area contributed by atoms with Crippen LogP contribution in [-0.4, -0.2) is 28.4 Å². The first-order chi connectivity index (χ1) is 12.6. The Morgan fingerprint density at radius 2 is 1.58 bits per heavy atom. The second-order valence-electron chi connectivity index (χ2n) is 5.55. The number of anilines is 1. The average molecular weight is 347 g/mol. The number of carbonyl (C=O) groups is 2. The van der Waals surface area contributed by atoms with Gasteiger partial charge in [-0.05, 0) is 35.4 Å². The number of hydrogen-bond donors (Lipinski definition) is 3. The van der Waals surface area contributed by atoms with Crippen LogP contribution in [0.3, 0.4) is 0 Å². The molecule has 6 nitrogen and oxygen atoms in total. The number of nitrogens with zero attached hydrogens (tertiary/aromatic N) is 1. The quantitative estimate of drug-likeness (QED) is 0.662. The van der Waals surface area contributed by atoms with E-state index in [0.29, 0.717) is 5.56 Å². The monoisotopic (exact) mass is 347 g/mol. The van der Waals surface area contributed by atoms with Crippen LogP contribution >= 0.6 is 0 Å². The van der Waals surface area contributed by atoms with E-state index in [9.17, 15) is 14.7 Å². The molecule has 0 spiro atoms. The third kappa shape index (κ3) is 4.24. The van der Waals surface area contributed by atoms with Crippen molar-refractivity contribution in [3.63, 3.8) is 0 Å². The van der Waals surface area contributed by atoms with Gasteiger partial charge in [-0.2, -0.15) is 0 Å². The molecule has 3 rings (SSSR count). The van der Waals surface area contributed by atoms with Gasteiger partial charge in [0.05, 0.1) is 6.54 Å². The molecule has 2 aromatic carbocycles. The molecule has 0 saturated heterocycles. The van der Waals surface area contributed by atoms with E-state index in [0.717, 1.165) is 11.1 Å². The van der Waals surface area contributed by atoms with Crippen molar-refractivity contribution in [1.82, 2.24) is 10.3 Å². The summed E-state index contributed by atoms with van der Waals surface area (Å²) < 4.78 is 0. The Bertz CT molecular complexity index is 909. The molecule has 3 N–H and O–H groups in total. The standard InChI is InChI=1S/C20H17N3O3/c24-17-7-4-12-21-19(17)23-18(25)13-22-20(26)16-10-8-15(9-11-16)14-5-2-1-3-6-14/h1-12,24H,13H2,(H,22,26)(H,21,23,25). The number of rotatable bonds is 5. The van der Waals surface area contributed by atoms with Gasteiger partial charge in [-0.1, -0.05) is 42.5 Å². The Labute approximate surface area is 150 Å². The zero-order valence-electron chi connectivity index (χ0n) is 13.8. The minimum Gasteiger partial charge on any atom is -0.504 e. The number of nitrogens with one attached hydrogen (secondary N) is 2. The highest BCUT2D eigenvalue weighted by Crippen LogP contribution is 2.19. The summed E-state index contributed by atoms with van der Waals surface area (Å²) in [7, 11) is 0. The first-order valence-corrected chi connectivity index (χ1v) is 8.01. The molecule has 0 fully saturated rings. The van der Waals surface area contributed by atoms with Gasteiger partial charge in [0.1, 0.15) is 0 Å². The highest BCUT2D eigenvalue weighted by molar-refractivity contribution is 5.99. The highest BCUT2D eigenvalue weighted by Gasteiger charge is 2.10. The maximum absolute atomic E-state index is 12.2. The predicted molar refractivity (Wildman–Crippen MR) is 98.7 cm³/mol. The van der Waals surface area contributed by atoms with E-state index in [-0.39, 0.29) is 24.0 Å². The summed E-state index contributed by atoms with van der Waals surface area (Å²) in [5.74, 6) is -0.916. The van der Waals surface area contributed by atoms with E-state index in [4.69, 9.17) is 0 Å². The first kappa shape index (κ1) is 17.2. The molecule has 0 atom stereocenters. The molecular formula is C20H17N3O3. The second-order valence-corrected chi connectivity index (χ2v) is 5.55. The fraction of sp³-hybridized carbons (Fsp3) is 0.0500. The third-order valence-electron chi connectivity index (χ3n) is 3.71. The molecule has 0 unspecified atom stereocenters. The maximum atomic E-state index is 12.2. The lowest BCUT2D eigenvalue weighted by atomic mass is 10.0. The first-order valence-electron chi connectivity index (χ1n) is 8.01. The van der Waals surface area contributed by atoms with Crippen LogP contribution in [0.1, 0.15) is 10.4 Å². The van der Waals surface area contributed by atoms with Crippen LogP contribution in [0.15, 0.2) is 72.9 Å². The van der Waals surface area contributed by atoms with Crippen LogP contribution in [0.2, 0.25) is 0 Å². The summed E-state index contributed by atoms with van der Waals surface area (Å²) in [6.45, 7) is -0.227. The lowest BCUT2D eigenvalue weighted by Crippen LogP contribution is -2.33. The fourth-order valence-electron chi connectivity index (χ4n) is 2.38. The number of aromatic nitrogens is 1. The van der Waals surface area contributed by atoms with Gasteiger partial charge in [0.25, 0.3) is 5.91 Å². The Hall–Kier alpha value is -3.67. The van der Waals surface area contributed by atoms with Crippen molar-refractivity contribution < 1.29 is 14.7 Å². The van der Waals surface area contributed by atoms with Crippen LogP contribution in [0, 0.1) is 0 Å². The van der Waals surface area contributed by atoms with E-state index >= 15 is 0 Å². The number of benzene rings is 2. The zero-order valence-corrected chi connectivity index (χ0v) is 13.8. The fourth-order valence-corrected chi connectivity index (χ4v) is 2.38. The van der Waals surface area contributed by atoms with Gasteiger partial charge in [0, 0.05) is 11.8 Å². The molecular weight excluding hydrogens is 330 g/mol. The smallest absolute Gasteiger partial charge is 0.251 e. The van der Waals surface area contributed by atoms with Gasteiger partial charge in [-0.3, -0.25) is 9.59 Å². The zero-order chi connectivity index (χ0) is 18.4. The summed E-state index contributed by atoms with van der Waals surface area (Å²) in [5.41, 5.74) is 2.53. The third-order valence-corrected chi connectivity index (χ3v) is 3.71. The van der Waals surface area contributed by atoms with Gasteiger partial charge in [0.2, 0.25) is 5.91 Å². The minimum atomic E-state index is -0.478. The minimum absolute atomic E-state index is 0.0546. The predicted octanol–water partition coefficient (Wildman–Crippen LogP) is 2.82. The molecule has 0 bridgehead atoms. The molecule has 130 valence electrons. The Morgan fingerprint density at radius 3 is 2.27 bits per heavy atom. The summed E-state index contributed by atoms with van der Waals surface area (Å²) in [6.07, 6.45) is 1.45. The van der Waals surface area contributed by atoms with Gasteiger partial charge in [-0.15, -0.1) is 0 Å². The summed E-state index contributed by atoms with van der Waals surface area (Å²) >= 11 is 0. The van der Waals surface area contributed by atoms with E-state index in [2.05, 4.69) is 15.6 Å².